The van der Waals surface area contributed by atoms with E-state index >= 15 is 0 Å². The lowest BCUT2D eigenvalue weighted by Crippen LogP contribution is -2.01. The van der Waals surface area contributed by atoms with Crippen LogP contribution in [0.25, 0.3) is 28.5 Å². The molecule has 3 aromatic carbocycles. The zero-order chi connectivity index (χ0) is 23.3. The molecule has 34 heavy (non-hydrogen) atoms. The molecule has 0 saturated carbocycles. The Morgan fingerprint density at radius 1 is 0.853 bits per heavy atom. The minimum Gasteiger partial charge on any atom is -0.497 e. The molecule has 7 nitrogen and oxygen atoms in total. The highest BCUT2D eigenvalue weighted by Crippen LogP contribution is 2.34. The molecule has 5 aromatic rings. The Morgan fingerprint density at radius 3 is 2.38 bits per heavy atom. The van der Waals surface area contributed by atoms with Gasteiger partial charge in [-0.2, -0.15) is 0 Å². The third-order valence-corrected chi connectivity index (χ3v) is 6.20. The van der Waals surface area contributed by atoms with Gasteiger partial charge in [-0.05, 0) is 48.5 Å². The summed E-state index contributed by atoms with van der Waals surface area (Å²) in [5.74, 6) is 3.38. The van der Waals surface area contributed by atoms with Crippen molar-refractivity contribution in [2.75, 3.05) is 14.2 Å². The quantitative estimate of drug-likeness (QED) is 0.261. The van der Waals surface area contributed by atoms with Crippen LogP contribution >= 0.6 is 11.8 Å². The van der Waals surface area contributed by atoms with Gasteiger partial charge in [0, 0.05) is 11.3 Å². The second kappa shape index (κ2) is 9.84. The zero-order valence-corrected chi connectivity index (χ0v) is 19.5. The van der Waals surface area contributed by atoms with Gasteiger partial charge in [0.2, 0.25) is 5.89 Å². The van der Waals surface area contributed by atoms with Crippen molar-refractivity contribution in [1.29, 1.82) is 0 Å². The van der Waals surface area contributed by atoms with Crippen LogP contribution in [0, 0.1) is 0 Å². The van der Waals surface area contributed by atoms with Crippen LogP contribution in [-0.2, 0) is 5.75 Å². The van der Waals surface area contributed by atoms with Crippen molar-refractivity contribution in [1.82, 2.24) is 19.7 Å². The molecule has 8 heteroatoms. The maximum atomic E-state index is 5.69. The van der Waals surface area contributed by atoms with E-state index in [1.54, 1.807) is 20.5 Å². The Balaban J connectivity index is 1.48. The van der Waals surface area contributed by atoms with Crippen LogP contribution in [0.2, 0.25) is 0 Å². The number of oxazole rings is 1. The molecule has 0 saturated heterocycles. The molecular weight excluding hydrogens is 448 g/mol. The number of benzene rings is 3. The van der Waals surface area contributed by atoms with Crippen LogP contribution < -0.4 is 9.47 Å². The molecule has 5 rings (SSSR count). The van der Waals surface area contributed by atoms with Crippen molar-refractivity contribution >= 4 is 11.8 Å². The van der Waals surface area contributed by atoms with E-state index in [2.05, 4.69) is 15.2 Å². The molecule has 0 radical (unpaired) electrons. The Hall–Kier alpha value is -4.04. The Kier molecular flexibility index (Phi) is 6.31. The molecule has 170 valence electrons. The molecule has 0 aliphatic carbocycles. The van der Waals surface area contributed by atoms with Gasteiger partial charge in [0.1, 0.15) is 17.8 Å². The van der Waals surface area contributed by atoms with Crippen LogP contribution in [0.5, 0.6) is 11.5 Å². The summed E-state index contributed by atoms with van der Waals surface area (Å²) in [4.78, 5) is 4.63. The lowest BCUT2D eigenvalue weighted by atomic mass is 10.2. The van der Waals surface area contributed by atoms with Crippen molar-refractivity contribution in [2.45, 2.75) is 10.9 Å². The molecule has 0 unspecified atom stereocenters. The Labute approximate surface area is 201 Å². The van der Waals surface area contributed by atoms with Crippen molar-refractivity contribution in [3.8, 4) is 40.0 Å². The van der Waals surface area contributed by atoms with E-state index < -0.39 is 0 Å². The predicted octanol–water partition coefficient (Wildman–Crippen LogP) is 5.90. The summed E-state index contributed by atoms with van der Waals surface area (Å²) < 4.78 is 18.6. The summed E-state index contributed by atoms with van der Waals surface area (Å²) >= 11 is 1.54. The fourth-order valence-corrected chi connectivity index (χ4v) is 4.39. The third-order valence-electron chi connectivity index (χ3n) is 5.23. The standard InChI is InChI=1S/C26H22N4O3S/c1-31-21-14-12-20(13-15-21)30-24(22-10-6-7-11-23(22)32-2)28-29-26(30)34-17-19-16-33-25(27-19)18-8-4-3-5-9-18/h3-16H,17H2,1-2H3. The molecule has 0 bridgehead atoms. The van der Waals surface area contributed by atoms with Crippen LogP contribution in [-0.4, -0.2) is 34.0 Å². The third kappa shape index (κ3) is 4.40. The number of rotatable bonds is 8. The highest BCUT2D eigenvalue weighted by atomic mass is 32.2. The van der Waals surface area contributed by atoms with Crippen LogP contribution in [0.15, 0.2) is 94.7 Å². The molecule has 2 heterocycles. The minimum absolute atomic E-state index is 0.580. The van der Waals surface area contributed by atoms with Crippen molar-refractivity contribution in [3.05, 3.63) is 90.8 Å². The second-order valence-corrected chi connectivity index (χ2v) is 8.28. The van der Waals surface area contributed by atoms with Gasteiger partial charge in [-0.3, -0.25) is 4.57 Å². The number of para-hydroxylation sites is 1. The van der Waals surface area contributed by atoms with Gasteiger partial charge in [-0.1, -0.05) is 42.1 Å². The molecule has 0 aliphatic rings. The maximum Gasteiger partial charge on any atom is 0.226 e. The van der Waals surface area contributed by atoms with E-state index in [-0.39, 0.29) is 0 Å². The van der Waals surface area contributed by atoms with Crippen LogP contribution in [0.3, 0.4) is 0 Å². The van der Waals surface area contributed by atoms with E-state index in [4.69, 9.17) is 13.9 Å². The molecule has 0 amide bonds. The highest BCUT2D eigenvalue weighted by Gasteiger charge is 2.19. The number of nitrogens with zero attached hydrogens (tertiary/aromatic N) is 4. The smallest absolute Gasteiger partial charge is 0.226 e. The highest BCUT2D eigenvalue weighted by molar-refractivity contribution is 7.98. The molecule has 0 fully saturated rings. The number of hydrogen-bond acceptors (Lipinski definition) is 7. The minimum atomic E-state index is 0.580. The number of ether oxygens (including phenoxy) is 2. The fraction of sp³-hybridized carbons (Fsp3) is 0.115. The van der Waals surface area contributed by atoms with Gasteiger partial charge in [0.25, 0.3) is 0 Å². The molecule has 0 atom stereocenters. The number of thioether (sulfide) groups is 1. The molecule has 0 N–H and O–H groups in total. The Bertz CT molecular complexity index is 1380. The van der Waals surface area contributed by atoms with E-state index in [0.717, 1.165) is 39.2 Å². The molecule has 0 spiro atoms. The summed E-state index contributed by atoms with van der Waals surface area (Å²) in [7, 11) is 3.30. The SMILES string of the molecule is COc1ccc(-n2c(SCc3coc(-c4ccccc4)n3)nnc2-c2ccccc2OC)cc1. The second-order valence-electron chi connectivity index (χ2n) is 7.34. The van der Waals surface area contributed by atoms with Crippen LogP contribution in [0.1, 0.15) is 5.69 Å². The first-order valence-electron chi connectivity index (χ1n) is 10.6. The largest absolute Gasteiger partial charge is 0.497 e. The number of methoxy groups -OCH3 is 2. The van der Waals surface area contributed by atoms with E-state index in [9.17, 15) is 0 Å². The monoisotopic (exact) mass is 470 g/mol. The lowest BCUT2D eigenvalue weighted by Gasteiger charge is -2.12. The first-order valence-corrected chi connectivity index (χ1v) is 11.6. The average Bonchev–Trinajstić information content (AvgIpc) is 3.55. The first kappa shape index (κ1) is 21.8. The molecular formula is C26H22N4O3S. The number of hydrogen-bond donors (Lipinski definition) is 0. The lowest BCUT2D eigenvalue weighted by molar-refractivity contribution is 0.414. The fourth-order valence-electron chi connectivity index (χ4n) is 3.56. The van der Waals surface area contributed by atoms with Gasteiger partial charge in [0.15, 0.2) is 11.0 Å². The zero-order valence-electron chi connectivity index (χ0n) is 18.7. The van der Waals surface area contributed by atoms with Gasteiger partial charge >= 0.3 is 0 Å². The van der Waals surface area contributed by atoms with Gasteiger partial charge in [0.05, 0.1) is 31.2 Å². The van der Waals surface area contributed by atoms with Gasteiger partial charge in [-0.15, -0.1) is 10.2 Å². The van der Waals surface area contributed by atoms with Gasteiger partial charge < -0.3 is 13.9 Å². The number of aromatic nitrogens is 4. The summed E-state index contributed by atoms with van der Waals surface area (Å²) in [6, 6.07) is 25.4. The van der Waals surface area contributed by atoms with Crippen molar-refractivity contribution in [3.63, 3.8) is 0 Å². The summed E-state index contributed by atoms with van der Waals surface area (Å²) in [5, 5.41) is 9.75. The van der Waals surface area contributed by atoms with Gasteiger partial charge in [-0.25, -0.2) is 4.98 Å². The van der Waals surface area contributed by atoms with E-state index in [1.807, 2.05) is 83.4 Å². The summed E-state index contributed by atoms with van der Waals surface area (Å²) in [6.07, 6.45) is 1.69. The normalized spacial score (nSPS) is 10.9. The Morgan fingerprint density at radius 2 is 1.62 bits per heavy atom. The predicted molar refractivity (Wildman–Crippen MR) is 131 cm³/mol. The summed E-state index contributed by atoms with van der Waals surface area (Å²) in [5.41, 5.74) is 3.54. The van der Waals surface area contributed by atoms with E-state index in [0.29, 0.717) is 17.5 Å². The van der Waals surface area contributed by atoms with Crippen molar-refractivity contribution in [2.24, 2.45) is 0 Å². The maximum absolute atomic E-state index is 5.69. The summed E-state index contributed by atoms with van der Waals surface area (Å²) in [6.45, 7) is 0. The topological polar surface area (TPSA) is 75.2 Å². The van der Waals surface area contributed by atoms with Crippen LogP contribution in [0.4, 0.5) is 0 Å². The molecule has 0 aliphatic heterocycles. The van der Waals surface area contributed by atoms with E-state index in [1.165, 1.54) is 11.8 Å². The first-order chi connectivity index (χ1) is 16.8. The molecule has 2 aromatic heterocycles. The average molecular weight is 471 g/mol. The van der Waals surface area contributed by atoms with Crippen molar-refractivity contribution < 1.29 is 13.9 Å².